The van der Waals surface area contributed by atoms with Gasteiger partial charge in [-0.1, -0.05) is 30.3 Å². The summed E-state index contributed by atoms with van der Waals surface area (Å²) in [5.41, 5.74) is 8.50. The summed E-state index contributed by atoms with van der Waals surface area (Å²) >= 11 is 0. The van der Waals surface area contributed by atoms with Crippen LogP contribution in [0.2, 0.25) is 0 Å². The van der Waals surface area contributed by atoms with Gasteiger partial charge < -0.3 is 24.8 Å². The Bertz CT molecular complexity index is 1060. The molecule has 32 heavy (non-hydrogen) atoms. The first-order chi connectivity index (χ1) is 15.4. The van der Waals surface area contributed by atoms with Crippen molar-refractivity contribution in [2.75, 3.05) is 34.5 Å². The highest BCUT2D eigenvalue weighted by atomic mass is 16.7. The average molecular weight is 440 g/mol. The van der Waals surface area contributed by atoms with Crippen LogP contribution in [-0.2, 0) is 27.1 Å². The standard InChI is InChI=1S/C24H29N3O5/c1-26(2)12-11-18-15-27(22-14-19(30-3)9-10-20(18)22)24(29)32-16-31-23(28)21(25)13-17-7-5-4-6-8-17/h4-10,14-15,21H,11-13,16,25H2,1-3H3/t21-/m0/s1. The van der Waals surface area contributed by atoms with Crippen LogP contribution >= 0.6 is 0 Å². The molecule has 2 aromatic carbocycles. The number of hydrogen-bond donors (Lipinski definition) is 1. The van der Waals surface area contributed by atoms with Crippen LogP contribution in [0.1, 0.15) is 11.1 Å². The number of benzene rings is 2. The highest BCUT2D eigenvalue weighted by Crippen LogP contribution is 2.26. The van der Waals surface area contributed by atoms with Gasteiger partial charge in [-0.3, -0.25) is 9.36 Å². The summed E-state index contributed by atoms with van der Waals surface area (Å²) in [5, 5.41) is 0.937. The number of nitrogens with two attached hydrogens (primary N) is 1. The minimum atomic E-state index is -0.842. The van der Waals surface area contributed by atoms with Crippen molar-refractivity contribution in [2.24, 2.45) is 5.73 Å². The van der Waals surface area contributed by atoms with Crippen molar-refractivity contribution in [1.82, 2.24) is 9.47 Å². The number of carbonyl (C=O) groups excluding carboxylic acids is 2. The number of carbonyl (C=O) groups is 2. The first-order valence-corrected chi connectivity index (χ1v) is 10.3. The highest BCUT2D eigenvalue weighted by Gasteiger charge is 2.19. The third kappa shape index (κ3) is 5.87. The number of esters is 1. The van der Waals surface area contributed by atoms with Crippen molar-refractivity contribution in [3.05, 3.63) is 65.9 Å². The van der Waals surface area contributed by atoms with Gasteiger partial charge in [-0.2, -0.15) is 0 Å². The van der Waals surface area contributed by atoms with Gasteiger partial charge in [0.25, 0.3) is 0 Å². The molecule has 0 saturated carbocycles. The van der Waals surface area contributed by atoms with Crippen LogP contribution in [0.4, 0.5) is 4.79 Å². The van der Waals surface area contributed by atoms with E-state index in [2.05, 4.69) is 4.90 Å². The van der Waals surface area contributed by atoms with E-state index >= 15 is 0 Å². The number of methoxy groups -OCH3 is 1. The van der Waals surface area contributed by atoms with Gasteiger partial charge in [-0.25, -0.2) is 4.79 Å². The zero-order valence-electron chi connectivity index (χ0n) is 18.6. The molecule has 1 aromatic heterocycles. The maximum Gasteiger partial charge on any atom is 0.421 e. The van der Waals surface area contributed by atoms with Gasteiger partial charge in [0.1, 0.15) is 11.8 Å². The Morgan fingerprint density at radius 1 is 1.09 bits per heavy atom. The number of ether oxygens (including phenoxy) is 3. The fourth-order valence-electron chi connectivity index (χ4n) is 3.36. The Hall–Kier alpha value is -3.36. The van der Waals surface area contributed by atoms with Crippen LogP contribution in [0.15, 0.2) is 54.7 Å². The van der Waals surface area contributed by atoms with Gasteiger partial charge in [0.05, 0.1) is 12.6 Å². The molecule has 0 unspecified atom stereocenters. The van der Waals surface area contributed by atoms with Gasteiger partial charge in [-0.05, 0) is 50.2 Å². The van der Waals surface area contributed by atoms with Crippen molar-refractivity contribution < 1.29 is 23.8 Å². The predicted octanol–water partition coefficient (Wildman–Crippen LogP) is 2.81. The Kier molecular flexibility index (Phi) is 7.86. The monoisotopic (exact) mass is 439 g/mol. The number of likely N-dealkylation sites (N-methyl/N-ethyl adjacent to an activating group) is 1. The van der Waals surface area contributed by atoms with Crippen LogP contribution in [0.5, 0.6) is 5.75 Å². The molecule has 3 aromatic rings. The first-order valence-electron chi connectivity index (χ1n) is 10.3. The fraction of sp³-hybridized carbons (Fsp3) is 0.333. The molecule has 1 atom stereocenters. The smallest absolute Gasteiger partial charge is 0.421 e. The van der Waals surface area contributed by atoms with E-state index in [9.17, 15) is 9.59 Å². The molecule has 1 heterocycles. The minimum absolute atomic E-state index is 0.338. The molecule has 8 nitrogen and oxygen atoms in total. The summed E-state index contributed by atoms with van der Waals surface area (Å²) in [5.74, 6) is -0.00511. The Labute approximate surface area is 187 Å². The summed E-state index contributed by atoms with van der Waals surface area (Å²) in [7, 11) is 5.55. The topological polar surface area (TPSA) is 96.0 Å². The molecule has 0 aliphatic heterocycles. The molecule has 0 bridgehead atoms. The molecule has 0 radical (unpaired) electrons. The third-order valence-electron chi connectivity index (χ3n) is 5.11. The minimum Gasteiger partial charge on any atom is -0.497 e. The van der Waals surface area contributed by atoms with Crippen molar-refractivity contribution >= 4 is 23.0 Å². The molecule has 0 spiro atoms. The summed E-state index contributed by atoms with van der Waals surface area (Å²) in [4.78, 5) is 26.9. The molecule has 3 rings (SSSR count). The fourth-order valence-corrected chi connectivity index (χ4v) is 3.36. The molecule has 0 amide bonds. The van der Waals surface area contributed by atoms with Crippen LogP contribution in [0, 0.1) is 0 Å². The van der Waals surface area contributed by atoms with E-state index in [1.165, 1.54) is 4.57 Å². The van der Waals surface area contributed by atoms with Gasteiger partial charge in [0, 0.05) is 24.2 Å². The van der Waals surface area contributed by atoms with Crippen molar-refractivity contribution in [2.45, 2.75) is 18.9 Å². The van der Waals surface area contributed by atoms with E-state index in [0.29, 0.717) is 17.7 Å². The normalized spacial score (nSPS) is 12.0. The Morgan fingerprint density at radius 3 is 2.53 bits per heavy atom. The van der Waals surface area contributed by atoms with Crippen molar-refractivity contribution in [3.8, 4) is 5.75 Å². The lowest BCUT2D eigenvalue weighted by atomic mass is 10.1. The number of hydrogen-bond acceptors (Lipinski definition) is 7. The molecular formula is C24H29N3O5. The lowest BCUT2D eigenvalue weighted by Gasteiger charge is -2.12. The second-order valence-electron chi connectivity index (χ2n) is 7.75. The zero-order chi connectivity index (χ0) is 23.1. The molecule has 0 aliphatic rings. The van der Waals surface area contributed by atoms with E-state index in [1.54, 1.807) is 19.4 Å². The average Bonchev–Trinajstić information content (AvgIpc) is 3.16. The Morgan fingerprint density at radius 2 is 1.84 bits per heavy atom. The van der Waals surface area contributed by atoms with Gasteiger partial charge in [0.15, 0.2) is 0 Å². The SMILES string of the molecule is COc1ccc2c(CCN(C)C)cn(C(=O)OCOC(=O)[C@@H](N)Cc3ccccc3)c2c1. The largest absolute Gasteiger partial charge is 0.497 e. The van der Waals surface area contributed by atoms with Crippen LogP contribution < -0.4 is 10.5 Å². The van der Waals surface area contributed by atoms with E-state index in [1.807, 2.05) is 56.6 Å². The first kappa shape index (κ1) is 23.3. The van der Waals surface area contributed by atoms with E-state index in [0.717, 1.165) is 29.5 Å². The van der Waals surface area contributed by atoms with Gasteiger partial charge in [0.2, 0.25) is 6.79 Å². The van der Waals surface area contributed by atoms with Crippen molar-refractivity contribution in [3.63, 3.8) is 0 Å². The third-order valence-corrected chi connectivity index (χ3v) is 5.11. The van der Waals surface area contributed by atoms with Gasteiger partial charge >= 0.3 is 12.1 Å². The molecular weight excluding hydrogens is 410 g/mol. The predicted molar refractivity (Wildman–Crippen MR) is 122 cm³/mol. The molecule has 0 saturated heterocycles. The van der Waals surface area contributed by atoms with Crippen LogP contribution in [-0.4, -0.2) is 62.1 Å². The quantitative estimate of drug-likeness (QED) is 0.405. The summed E-state index contributed by atoms with van der Waals surface area (Å²) in [6, 6.07) is 14.1. The second kappa shape index (κ2) is 10.8. The zero-order valence-corrected chi connectivity index (χ0v) is 18.6. The van der Waals surface area contributed by atoms with E-state index in [4.69, 9.17) is 19.9 Å². The number of rotatable bonds is 9. The number of fused-ring (bicyclic) bond motifs is 1. The number of aromatic nitrogens is 1. The highest BCUT2D eigenvalue weighted by molar-refractivity contribution is 5.92. The number of nitrogens with zero attached hydrogens (tertiary/aromatic N) is 2. The van der Waals surface area contributed by atoms with Crippen LogP contribution in [0.3, 0.4) is 0 Å². The maximum atomic E-state index is 12.7. The summed E-state index contributed by atoms with van der Waals surface area (Å²) in [6.45, 7) is 0.313. The van der Waals surface area contributed by atoms with E-state index in [-0.39, 0.29) is 0 Å². The van der Waals surface area contributed by atoms with Gasteiger partial charge in [-0.15, -0.1) is 0 Å². The molecule has 8 heteroatoms. The molecule has 2 N–H and O–H groups in total. The lowest BCUT2D eigenvalue weighted by Crippen LogP contribution is -2.35. The van der Waals surface area contributed by atoms with E-state index < -0.39 is 24.9 Å². The lowest BCUT2D eigenvalue weighted by molar-refractivity contribution is -0.153. The molecule has 0 aliphatic carbocycles. The summed E-state index contributed by atoms with van der Waals surface area (Å²) < 4.78 is 17.0. The summed E-state index contributed by atoms with van der Waals surface area (Å²) in [6.07, 6.45) is 2.20. The second-order valence-corrected chi connectivity index (χ2v) is 7.75. The van der Waals surface area contributed by atoms with Crippen LogP contribution in [0.25, 0.3) is 10.9 Å². The molecule has 170 valence electrons. The van der Waals surface area contributed by atoms with Crippen molar-refractivity contribution in [1.29, 1.82) is 0 Å². The maximum absolute atomic E-state index is 12.7. The Balaban J connectivity index is 1.65. The molecule has 0 fully saturated rings.